The lowest BCUT2D eigenvalue weighted by Gasteiger charge is -2.09. The van der Waals surface area contributed by atoms with Crippen molar-refractivity contribution in [1.29, 1.82) is 0 Å². The molecule has 21 heavy (non-hydrogen) atoms. The summed E-state index contributed by atoms with van der Waals surface area (Å²) in [6.45, 7) is 0.226. The van der Waals surface area contributed by atoms with Crippen LogP contribution in [0.25, 0.3) is 6.08 Å². The van der Waals surface area contributed by atoms with Gasteiger partial charge in [0.05, 0.1) is 18.5 Å². The molecule has 6 nitrogen and oxygen atoms in total. The zero-order valence-corrected chi connectivity index (χ0v) is 11.6. The largest absolute Gasteiger partial charge is 0.494 e. The molecule has 0 spiro atoms. The van der Waals surface area contributed by atoms with Crippen molar-refractivity contribution in [2.24, 2.45) is 4.99 Å². The Kier molecular flexibility index (Phi) is 3.41. The maximum atomic E-state index is 12.0. The molecule has 0 amide bonds. The number of allylic oxidation sites excluding steroid dienone is 2. The molecular weight excluding hydrogens is 290 g/mol. The van der Waals surface area contributed by atoms with Gasteiger partial charge in [0, 0.05) is 6.21 Å². The van der Waals surface area contributed by atoms with Gasteiger partial charge in [-0.3, -0.25) is 19.3 Å². The minimum atomic E-state index is -0.462. The van der Waals surface area contributed by atoms with Crippen LogP contribution in [0.3, 0.4) is 0 Å². The molecule has 7 heteroatoms. The Morgan fingerprint density at radius 3 is 3.05 bits per heavy atom. The molecular formula is C14H11N3O3S. The van der Waals surface area contributed by atoms with E-state index in [9.17, 15) is 9.90 Å². The second-order valence-electron chi connectivity index (χ2n) is 4.37. The van der Waals surface area contributed by atoms with Crippen LogP contribution in [-0.2, 0) is 6.54 Å². The maximum Gasteiger partial charge on any atom is 0.262 e. The zero-order chi connectivity index (χ0) is 14.8. The molecule has 0 aliphatic carbocycles. The number of nitrogens with zero attached hydrogens (tertiary/aromatic N) is 2. The Bertz CT molecular complexity index is 856. The van der Waals surface area contributed by atoms with Crippen LogP contribution in [-0.4, -0.2) is 20.9 Å². The van der Waals surface area contributed by atoms with Crippen LogP contribution in [0.5, 0.6) is 5.88 Å². The van der Waals surface area contributed by atoms with Crippen molar-refractivity contribution >= 4 is 24.5 Å². The molecule has 2 aromatic rings. The van der Waals surface area contributed by atoms with E-state index in [0.29, 0.717) is 11.5 Å². The van der Waals surface area contributed by atoms with E-state index in [-0.39, 0.29) is 22.8 Å². The number of H-pyrrole nitrogens is 1. The van der Waals surface area contributed by atoms with Crippen LogP contribution in [0, 0.1) is 4.77 Å². The van der Waals surface area contributed by atoms with Crippen molar-refractivity contribution in [2.75, 3.05) is 0 Å². The molecule has 1 aliphatic heterocycles. The molecule has 0 radical (unpaired) electrons. The van der Waals surface area contributed by atoms with Crippen molar-refractivity contribution < 1.29 is 9.52 Å². The maximum absolute atomic E-state index is 12.0. The summed E-state index contributed by atoms with van der Waals surface area (Å²) in [5.41, 5.74) is 0.225. The van der Waals surface area contributed by atoms with Gasteiger partial charge in [-0.1, -0.05) is 0 Å². The zero-order valence-electron chi connectivity index (χ0n) is 10.8. The van der Waals surface area contributed by atoms with Crippen molar-refractivity contribution in [2.45, 2.75) is 6.54 Å². The minimum Gasteiger partial charge on any atom is -0.494 e. The van der Waals surface area contributed by atoms with Crippen LogP contribution in [0.15, 0.2) is 50.4 Å². The highest BCUT2D eigenvalue weighted by Gasteiger charge is 2.13. The lowest BCUT2D eigenvalue weighted by atomic mass is 10.2. The molecule has 1 aliphatic rings. The highest BCUT2D eigenvalue weighted by molar-refractivity contribution is 7.71. The second-order valence-corrected chi connectivity index (χ2v) is 4.76. The molecule has 106 valence electrons. The Balaban J connectivity index is 2.11. The summed E-state index contributed by atoms with van der Waals surface area (Å²) in [5.74, 6) is 0.397. The van der Waals surface area contributed by atoms with Crippen LogP contribution in [0.1, 0.15) is 11.3 Å². The number of rotatable bonds is 3. The number of hydrogen-bond donors (Lipinski definition) is 2. The standard InChI is InChI=1S/C14H11N3O3S/c18-12-11(7-9-3-1-5-15-9)13(19)17(14(21)16-12)8-10-4-2-6-20-10/h1-7,19H,8H2,(H,16,18,21). The van der Waals surface area contributed by atoms with Crippen molar-refractivity contribution in [1.82, 2.24) is 9.55 Å². The van der Waals surface area contributed by atoms with Gasteiger partial charge in [-0.15, -0.1) is 0 Å². The highest BCUT2D eigenvalue weighted by Crippen LogP contribution is 2.19. The SMILES string of the molecule is O=c1[nH]c(=S)n(Cc2ccco2)c(O)c1C=C1C=CC=N1. The van der Waals surface area contributed by atoms with Crippen molar-refractivity contribution in [3.05, 3.63) is 62.7 Å². The lowest BCUT2D eigenvalue weighted by Crippen LogP contribution is -2.17. The van der Waals surface area contributed by atoms with Crippen molar-refractivity contribution in [3.63, 3.8) is 0 Å². The number of aliphatic imine (C=N–C) groups is 1. The molecule has 0 unspecified atom stereocenters. The van der Waals surface area contributed by atoms with Gasteiger partial charge in [-0.2, -0.15) is 0 Å². The highest BCUT2D eigenvalue weighted by atomic mass is 32.1. The predicted molar refractivity (Wildman–Crippen MR) is 81.0 cm³/mol. The molecule has 0 fully saturated rings. The number of aromatic amines is 1. The first-order valence-electron chi connectivity index (χ1n) is 6.16. The van der Waals surface area contributed by atoms with E-state index in [1.165, 1.54) is 16.9 Å². The van der Waals surface area contributed by atoms with Gasteiger partial charge in [0.25, 0.3) is 5.56 Å². The van der Waals surface area contributed by atoms with Gasteiger partial charge in [0.15, 0.2) is 4.77 Å². The molecule has 2 N–H and O–H groups in total. The molecule has 0 saturated carbocycles. The van der Waals surface area contributed by atoms with E-state index in [1.54, 1.807) is 30.5 Å². The molecule has 0 atom stereocenters. The van der Waals surface area contributed by atoms with E-state index in [0.717, 1.165) is 0 Å². The van der Waals surface area contributed by atoms with E-state index in [2.05, 4.69) is 9.98 Å². The summed E-state index contributed by atoms with van der Waals surface area (Å²) < 4.78 is 6.75. The molecule has 3 rings (SSSR count). The lowest BCUT2D eigenvalue weighted by molar-refractivity contribution is 0.396. The third-order valence-corrected chi connectivity index (χ3v) is 3.29. The van der Waals surface area contributed by atoms with Crippen LogP contribution in [0.4, 0.5) is 0 Å². The summed E-state index contributed by atoms with van der Waals surface area (Å²) in [7, 11) is 0. The Morgan fingerprint density at radius 2 is 2.38 bits per heavy atom. The van der Waals surface area contributed by atoms with Gasteiger partial charge >= 0.3 is 0 Å². The Hall–Kier alpha value is -2.67. The number of furan rings is 1. The van der Waals surface area contributed by atoms with Gasteiger partial charge < -0.3 is 9.52 Å². The Morgan fingerprint density at radius 1 is 1.52 bits per heavy atom. The average molecular weight is 301 g/mol. The molecule has 2 aromatic heterocycles. The fourth-order valence-corrected chi connectivity index (χ4v) is 2.20. The fourth-order valence-electron chi connectivity index (χ4n) is 1.96. The molecule has 3 heterocycles. The monoisotopic (exact) mass is 301 g/mol. The summed E-state index contributed by atoms with van der Waals surface area (Å²) >= 11 is 5.08. The third-order valence-electron chi connectivity index (χ3n) is 2.97. The second kappa shape index (κ2) is 5.37. The fraction of sp³-hybridized carbons (Fsp3) is 0.0714. The summed E-state index contributed by atoms with van der Waals surface area (Å²) in [5, 5.41) is 10.3. The first kappa shape index (κ1) is 13.3. The topological polar surface area (TPSA) is 83.5 Å². The van der Waals surface area contributed by atoms with E-state index >= 15 is 0 Å². The smallest absolute Gasteiger partial charge is 0.262 e. The van der Waals surface area contributed by atoms with Crippen LogP contribution < -0.4 is 5.56 Å². The first-order chi connectivity index (χ1) is 10.1. The quantitative estimate of drug-likeness (QED) is 0.852. The van der Waals surface area contributed by atoms with E-state index in [1.807, 2.05) is 0 Å². The molecule has 0 saturated heterocycles. The number of aromatic nitrogens is 2. The Labute approximate surface area is 124 Å². The molecule has 0 aromatic carbocycles. The third kappa shape index (κ3) is 2.63. The van der Waals surface area contributed by atoms with Gasteiger partial charge in [0.2, 0.25) is 5.88 Å². The minimum absolute atomic E-state index is 0.105. The number of aromatic hydroxyl groups is 1. The predicted octanol–water partition coefficient (Wildman–Crippen LogP) is 2.23. The molecule has 0 bridgehead atoms. The van der Waals surface area contributed by atoms with Gasteiger partial charge in [0.1, 0.15) is 11.3 Å². The van der Waals surface area contributed by atoms with E-state index in [4.69, 9.17) is 16.6 Å². The van der Waals surface area contributed by atoms with E-state index < -0.39 is 5.56 Å². The number of nitrogens with one attached hydrogen (secondary N) is 1. The van der Waals surface area contributed by atoms with Crippen molar-refractivity contribution in [3.8, 4) is 5.88 Å². The summed E-state index contributed by atoms with van der Waals surface area (Å²) in [4.78, 5) is 18.5. The first-order valence-corrected chi connectivity index (χ1v) is 6.57. The summed E-state index contributed by atoms with van der Waals surface area (Å²) in [6.07, 6.45) is 8.12. The summed E-state index contributed by atoms with van der Waals surface area (Å²) in [6, 6.07) is 3.50. The van der Waals surface area contributed by atoms with Gasteiger partial charge in [-0.05, 0) is 42.6 Å². The average Bonchev–Trinajstić information content (AvgIpc) is 3.13. The van der Waals surface area contributed by atoms with Crippen LogP contribution >= 0.6 is 12.2 Å². The number of hydrogen-bond acceptors (Lipinski definition) is 5. The van der Waals surface area contributed by atoms with Crippen LogP contribution in [0.2, 0.25) is 0 Å². The van der Waals surface area contributed by atoms with Gasteiger partial charge in [-0.25, -0.2) is 0 Å². The normalized spacial score (nSPS) is 15.1.